The summed E-state index contributed by atoms with van der Waals surface area (Å²) in [5, 5.41) is 0.242. The Labute approximate surface area is 100 Å². The number of carbonyl (C=O) groups is 2. The van der Waals surface area contributed by atoms with Crippen LogP contribution in [0.3, 0.4) is 0 Å². The Hall–Kier alpha value is -0.680. The maximum atomic E-state index is 11.6. The van der Waals surface area contributed by atoms with Crippen molar-refractivity contribution in [2.75, 3.05) is 6.61 Å². The highest BCUT2D eigenvalue weighted by Gasteiger charge is 2.46. The molecule has 2 unspecified atom stereocenters. The van der Waals surface area contributed by atoms with Crippen molar-refractivity contribution in [3.05, 3.63) is 11.1 Å². The molecule has 0 spiro atoms. The lowest BCUT2D eigenvalue weighted by atomic mass is 9.88. The quantitative estimate of drug-likeness (QED) is 0.261. The molecule has 2 atom stereocenters. The smallest absolute Gasteiger partial charge is 0.326 e. The van der Waals surface area contributed by atoms with Gasteiger partial charge in [-0.25, -0.2) is 0 Å². The topological polar surface area (TPSA) is 55.7 Å². The third kappa shape index (κ3) is 2.29. The number of hydrogen-bond donors (Lipinski definition) is 0. The summed E-state index contributed by atoms with van der Waals surface area (Å²) in [6.45, 7) is 1.86. The first-order chi connectivity index (χ1) is 7.06. The number of allylic oxidation sites excluding steroid dienone is 1. The Kier molecular flexibility index (Phi) is 4.04. The van der Waals surface area contributed by atoms with Crippen molar-refractivity contribution in [2.24, 2.45) is 10.4 Å². The molecule has 0 saturated carbocycles. The van der Waals surface area contributed by atoms with Gasteiger partial charge in [0.1, 0.15) is 11.2 Å². The van der Waals surface area contributed by atoms with Crippen molar-refractivity contribution in [1.29, 1.82) is 0 Å². The Morgan fingerprint density at radius 3 is 3.07 bits per heavy atom. The molecular weight excluding hydrogens is 285 g/mol. The third-order valence-corrected chi connectivity index (χ3v) is 3.12. The number of aldehydes is 1. The number of esters is 1. The van der Waals surface area contributed by atoms with Crippen molar-refractivity contribution in [3.63, 3.8) is 0 Å². The molecule has 0 N–H and O–H groups in total. The van der Waals surface area contributed by atoms with Gasteiger partial charge in [-0.3, -0.25) is 9.79 Å². The minimum atomic E-state index is -1.46. The fourth-order valence-electron chi connectivity index (χ4n) is 1.14. The summed E-state index contributed by atoms with van der Waals surface area (Å²) in [5.74, 6) is -0.656. The fourth-order valence-corrected chi connectivity index (χ4v) is 1.93. The summed E-state index contributed by atoms with van der Waals surface area (Å²) in [6.07, 6.45) is 3.21. The number of halogens is 2. The van der Waals surface area contributed by atoms with Crippen molar-refractivity contribution < 1.29 is 14.3 Å². The van der Waals surface area contributed by atoms with Gasteiger partial charge < -0.3 is 9.53 Å². The molecule has 15 heavy (non-hydrogen) atoms. The second kappa shape index (κ2) is 4.90. The van der Waals surface area contributed by atoms with Crippen LogP contribution in [0.2, 0.25) is 0 Å². The number of dihydropyridines is 1. The van der Waals surface area contributed by atoms with Crippen molar-refractivity contribution >= 4 is 46.0 Å². The Bertz CT molecular complexity index is 342. The SMILES string of the molecule is CCOC(=O)C1(C=O)C=C(Cl)C=NC1Br. The first kappa shape index (κ1) is 12.4. The zero-order chi connectivity index (χ0) is 11.5. The van der Waals surface area contributed by atoms with Crippen LogP contribution in [0.25, 0.3) is 0 Å². The standard InChI is InChI=1S/C9H9BrClNO3/c1-2-15-8(14)9(5-13)3-6(11)4-12-7(9)10/h3-5,7H,2H2,1H3. The average Bonchev–Trinajstić information content (AvgIpc) is 2.22. The average molecular weight is 295 g/mol. The molecule has 4 nitrogen and oxygen atoms in total. The minimum Gasteiger partial charge on any atom is -0.465 e. The highest BCUT2D eigenvalue weighted by molar-refractivity contribution is 9.09. The first-order valence-corrected chi connectivity index (χ1v) is 5.55. The van der Waals surface area contributed by atoms with Gasteiger partial charge in [-0.2, -0.15) is 0 Å². The second-order valence-electron chi connectivity index (χ2n) is 2.91. The van der Waals surface area contributed by atoms with Crippen LogP contribution in [0.5, 0.6) is 0 Å². The predicted octanol–water partition coefficient (Wildman–Crippen LogP) is 1.66. The molecule has 0 fully saturated rings. The lowest BCUT2D eigenvalue weighted by Crippen LogP contribution is -2.41. The summed E-state index contributed by atoms with van der Waals surface area (Å²) < 4.78 is 4.82. The predicted molar refractivity (Wildman–Crippen MR) is 60.3 cm³/mol. The maximum Gasteiger partial charge on any atom is 0.326 e. The van der Waals surface area contributed by atoms with E-state index >= 15 is 0 Å². The molecule has 82 valence electrons. The molecule has 6 heteroatoms. The number of rotatable bonds is 3. The monoisotopic (exact) mass is 293 g/mol. The third-order valence-electron chi connectivity index (χ3n) is 1.92. The second-order valence-corrected chi connectivity index (χ2v) is 4.22. The maximum absolute atomic E-state index is 11.6. The number of carbonyl (C=O) groups excluding carboxylic acids is 2. The molecule has 0 aliphatic carbocycles. The summed E-state index contributed by atoms with van der Waals surface area (Å²) in [5.41, 5.74) is -1.46. The highest BCUT2D eigenvalue weighted by Crippen LogP contribution is 2.34. The van der Waals surface area contributed by atoms with Crippen LogP contribution in [-0.4, -0.2) is 30.0 Å². The number of hydrogen-bond acceptors (Lipinski definition) is 4. The van der Waals surface area contributed by atoms with Gasteiger partial charge in [0, 0.05) is 6.21 Å². The van der Waals surface area contributed by atoms with Crippen LogP contribution in [0, 0.1) is 5.41 Å². The van der Waals surface area contributed by atoms with Crippen molar-refractivity contribution in [2.45, 2.75) is 11.9 Å². The Balaban J connectivity index is 3.08. The van der Waals surface area contributed by atoms with E-state index in [2.05, 4.69) is 20.9 Å². The number of aliphatic imine (C=N–C) groups is 1. The van der Waals surface area contributed by atoms with Gasteiger partial charge >= 0.3 is 5.97 Å². The van der Waals surface area contributed by atoms with Crippen LogP contribution in [0.1, 0.15) is 6.92 Å². The molecule has 0 saturated heterocycles. The molecule has 0 amide bonds. The molecule has 0 aromatic rings. The Morgan fingerprint density at radius 2 is 2.53 bits per heavy atom. The van der Waals surface area contributed by atoms with Gasteiger partial charge in [0.25, 0.3) is 0 Å². The van der Waals surface area contributed by atoms with E-state index in [1.165, 1.54) is 12.3 Å². The summed E-state index contributed by atoms with van der Waals surface area (Å²) in [4.78, 5) is 25.9. The van der Waals surface area contributed by atoms with Gasteiger partial charge in [-0.15, -0.1) is 0 Å². The normalized spacial score (nSPS) is 29.5. The molecule has 0 aromatic heterocycles. The first-order valence-electron chi connectivity index (χ1n) is 4.26. The lowest BCUT2D eigenvalue weighted by molar-refractivity contribution is -0.153. The number of alkyl halides is 1. The van der Waals surface area contributed by atoms with Crippen LogP contribution < -0.4 is 0 Å². The van der Waals surface area contributed by atoms with E-state index in [9.17, 15) is 9.59 Å². The molecule has 0 bridgehead atoms. The molecule has 1 aliphatic rings. The molecule has 1 aliphatic heterocycles. The van der Waals surface area contributed by atoms with E-state index in [1.54, 1.807) is 6.92 Å². The Morgan fingerprint density at radius 1 is 1.87 bits per heavy atom. The van der Waals surface area contributed by atoms with E-state index in [-0.39, 0.29) is 11.6 Å². The summed E-state index contributed by atoms with van der Waals surface area (Å²) >= 11 is 8.85. The summed E-state index contributed by atoms with van der Waals surface area (Å²) in [6, 6.07) is 0. The van der Waals surface area contributed by atoms with Gasteiger partial charge in [0.15, 0.2) is 5.41 Å². The minimum absolute atomic E-state index is 0.198. The van der Waals surface area contributed by atoms with Gasteiger partial charge in [0.05, 0.1) is 11.6 Å². The van der Waals surface area contributed by atoms with Gasteiger partial charge in [-0.05, 0) is 13.0 Å². The van der Waals surface area contributed by atoms with Crippen LogP contribution in [0.4, 0.5) is 0 Å². The van der Waals surface area contributed by atoms with E-state index in [0.717, 1.165) is 0 Å². The largest absolute Gasteiger partial charge is 0.465 e. The van der Waals surface area contributed by atoms with Crippen LogP contribution in [-0.2, 0) is 14.3 Å². The van der Waals surface area contributed by atoms with Crippen LogP contribution in [0.15, 0.2) is 16.1 Å². The molecule has 1 heterocycles. The molecule has 0 radical (unpaired) electrons. The van der Waals surface area contributed by atoms with Crippen LogP contribution >= 0.6 is 27.5 Å². The lowest BCUT2D eigenvalue weighted by Gasteiger charge is -2.27. The van der Waals surface area contributed by atoms with E-state index in [1.807, 2.05) is 0 Å². The molecule has 1 rings (SSSR count). The van der Waals surface area contributed by atoms with E-state index < -0.39 is 16.3 Å². The molecular formula is C9H9BrClNO3. The van der Waals surface area contributed by atoms with Crippen molar-refractivity contribution in [3.8, 4) is 0 Å². The highest BCUT2D eigenvalue weighted by atomic mass is 79.9. The summed E-state index contributed by atoms with van der Waals surface area (Å²) in [7, 11) is 0. The van der Waals surface area contributed by atoms with Gasteiger partial charge in [-0.1, -0.05) is 27.5 Å². The fraction of sp³-hybridized carbons (Fsp3) is 0.444. The van der Waals surface area contributed by atoms with E-state index in [0.29, 0.717) is 6.29 Å². The van der Waals surface area contributed by atoms with E-state index in [4.69, 9.17) is 16.3 Å². The molecule has 0 aromatic carbocycles. The zero-order valence-electron chi connectivity index (χ0n) is 7.94. The number of ether oxygens (including phenoxy) is 1. The number of nitrogens with zero attached hydrogens (tertiary/aromatic N) is 1. The van der Waals surface area contributed by atoms with Gasteiger partial charge in [0.2, 0.25) is 0 Å². The van der Waals surface area contributed by atoms with Crippen molar-refractivity contribution in [1.82, 2.24) is 0 Å². The zero-order valence-corrected chi connectivity index (χ0v) is 10.3.